The van der Waals surface area contributed by atoms with Crippen molar-refractivity contribution in [2.45, 2.75) is 0 Å². The molecule has 0 spiro atoms. The zero-order chi connectivity index (χ0) is 20.8. The van der Waals surface area contributed by atoms with E-state index in [1.54, 1.807) is 48.5 Å². The summed E-state index contributed by atoms with van der Waals surface area (Å²) in [6.07, 6.45) is 1.22. The maximum atomic E-state index is 11.8. The molecule has 29 heavy (non-hydrogen) atoms. The Morgan fingerprint density at radius 2 is 1.69 bits per heavy atom. The van der Waals surface area contributed by atoms with Crippen LogP contribution in [-0.2, 0) is 9.59 Å². The summed E-state index contributed by atoms with van der Waals surface area (Å²) in [5.74, 6) is -1.07. The van der Waals surface area contributed by atoms with E-state index in [0.717, 1.165) is 0 Å². The number of hydrogen-bond acceptors (Lipinski definition) is 6. The molecule has 0 aliphatic carbocycles. The average molecular weight is 413 g/mol. The first-order chi connectivity index (χ1) is 13.9. The van der Waals surface area contributed by atoms with Gasteiger partial charge in [-0.15, -0.1) is 0 Å². The van der Waals surface area contributed by atoms with Crippen molar-refractivity contribution in [1.29, 1.82) is 0 Å². The van der Waals surface area contributed by atoms with Crippen molar-refractivity contribution in [3.63, 3.8) is 0 Å². The number of hydrogen-bond donors (Lipinski definition) is 2. The highest BCUT2D eigenvalue weighted by Gasteiger charge is 2.13. The number of anilines is 1. The number of halogens is 1. The maximum absolute atomic E-state index is 11.8. The van der Waals surface area contributed by atoms with Crippen LogP contribution in [0.3, 0.4) is 0 Å². The molecule has 0 radical (unpaired) electrons. The molecule has 0 bridgehead atoms. The highest BCUT2D eigenvalue weighted by Crippen LogP contribution is 2.24. The second-order valence-electron chi connectivity index (χ2n) is 5.67. The Bertz CT molecular complexity index is 1070. The van der Waals surface area contributed by atoms with E-state index in [1.165, 1.54) is 18.3 Å². The number of amides is 2. The minimum absolute atomic E-state index is 0.0262. The van der Waals surface area contributed by atoms with Gasteiger partial charge in [0.1, 0.15) is 11.5 Å². The van der Waals surface area contributed by atoms with Gasteiger partial charge in [0.2, 0.25) is 0 Å². The lowest BCUT2D eigenvalue weighted by Gasteiger charge is -2.03. The van der Waals surface area contributed by atoms with Crippen molar-refractivity contribution in [1.82, 2.24) is 5.43 Å². The molecule has 0 aliphatic rings. The number of carbonyl (C=O) groups is 2. The van der Waals surface area contributed by atoms with Crippen molar-refractivity contribution in [2.75, 3.05) is 5.32 Å². The summed E-state index contributed by atoms with van der Waals surface area (Å²) in [7, 11) is 0. The van der Waals surface area contributed by atoms with Gasteiger partial charge in [-0.3, -0.25) is 19.7 Å². The average Bonchev–Trinajstić information content (AvgIpc) is 3.18. The SMILES string of the molecule is O=C(N/N=C\c1ccc(-c2ccc([N+](=O)[O-])cc2)o1)C(=O)Nc1ccc(Cl)cc1. The third kappa shape index (κ3) is 5.27. The van der Waals surface area contributed by atoms with Gasteiger partial charge in [-0.1, -0.05) is 11.6 Å². The number of nitro groups is 1. The lowest BCUT2D eigenvalue weighted by molar-refractivity contribution is -0.384. The summed E-state index contributed by atoms with van der Waals surface area (Å²) in [6.45, 7) is 0. The smallest absolute Gasteiger partial charge is 0.329 e. The third-order valence-corrected chi connectivity index (χ3v) is 3.91. The van der Waals surface area contributed by atoms with Crippen molar-refractivity contribution in [3.05, 3.63) is 81.6 Å². The van der Waals surface area contributed by atoms with Crippen LogP contribution >= 0.6 is 11.6 Å². The van der Waals surface area contributed by atoms with Crippen molar-refractivity contribution in [2.24, 2.45) is 5.10 Å². The molecule has 9 nitrogen and oxygen atoms in total. The number of benzene rings is 2. The monoisotopic (exact) mass is 412 g/mol. The number of rotatable bonds is 5. The summed E-state index contributed by atoms with van der Waals surface area (Å²) in [4.78, 5) is 33.8. The number of hydrazone groups is 1. The molecule has 2 amide bonds. The quantitative estimate of drug-likeness (QED) is 0.286. The molecule has 0 saturated heterocycles. The molecule has 0 saturated carbocycles. The minimum Gasteiger partial charge on any atom is -0.455 e. The Labute approximate surface area is 169 Å². The van der Waals surface area contributed by atoms with E-state index in [-0.39, 0.29) is 5.69 Å². The third-order valence-electron chi connectivity index (χ3n) is 3.66. The molecule has 2 N–H and O–H groups in total. The van der Waals surface area contributed by atoms with Crippen LogP contribution in [0.5, 0.6) is 0 Å². The molecule has 0 atom stereocenters. The van der Waals surface area contributed by atoms with Crippen LogP contribution in [0, 0.1) is 10.1 Å². The van der Waals surface area contributed by atoms with Gasteiger partial charge in [0.15, 0.2) is 0 Å². The lowest BCUT2D eigenvalue weighted by atomic mass is 10.1. The summed E-state index contributed by atoms with van der Waals surface area (Å²) in [5, 5.41) is 17.3. The van der Waals surface area contributed by atoms with Crippen LogP contribution in [0.4, 0.5) is 11.4 Å². The highest BCUT2D eigenvalue weighted by molar-refractivity contribution is 6.39. The first kappa shape index (κ1) is 19.8. The van der Waals surface area contributed by atoms with Gasteiger partial charge in [0.05, 0.1) is 11.1 Å². The molecule has 0 unspecified atom stereocenters. The fourth-order valence-corrected chi connectivity index (χ4v) is 2.38. The van der Waals surface area contributed by atoms with Crippen molar-refractivity contribution < 1.29 is 18.9 Å². The van der Waals surface area contributed by atoms with Gasteiger partial charge in [-0.2, -0.15) is 5.10 Å². The molecule has 10 heteroatoms. The zero-order valence-electron chi connectivity index (χ0n) is 14.7. The van der Waals surface area contributed by atoms with Crippen LogP contribution < -0.4 is 10.7 Å². The molecular weight excluding hydrogens is 400 g/mol. The van der Waals surface area contributed by atoms with Gasteiger partial charge in [-0.05, 0) is 48.5 Å². The van der Waals surface area contributed by atoms with Crippen molar-refractivity contribution >= 4 is 41.0 Å². The molecular formula is C19H13ClN4O5. The molecule has 2 aromatic carbocycles. The molecule has 1 aromatic heterocycles. The molecule has 1 heterocycles. The Morgan fingerprint density at radius 3 is 2.34 bits per heavy atom. The van der Waals surface area contributed by atoms with E-state index >= 15 is 0 Å². The number of furan rings is 1. The molecule has 0 aliphatic heterocycles. The highest BCUT2D eigenvalue weighted by atomic mass is 35.5. The number of carbonyl (C=O) groups excluding carboxylic acids is 2. The first-order valence-corrected chi connectivity index (χ1v) is 8.55. The summed E-state index contributed by atoms with van der Waals surface area (Å²) >= 11 is 5.75. The van der Waals surface area contributed by atoms with E-state index < -0.39 is 16.7 Å². The van der Waals surface area contributed by atoms with Gasteiger partial charge in [-0.25, -0.2) is 5.43 Å². The number of nitro benzene ring substituents is 1. The Kier molecular flexibility index (Phi) is 6.00. The largest absolute Gasteiger partial charge is 0.455 e. The van der Waals surface area contributed by atoms with Gasteiger partial charge >= 0.3 is 11.8 Å². The topological polar surface area (TPSA) is 127 Å². The van der Waals surface area contributed by atoms with Crippen molar-refractivity contribution in [3.8, 4) is 11.3 Å². The lowest BCUT2D eigenvalue weighted by Crippen LogP contribution is -2.32. The van der Waals surface area contributed by atoms with Gasteiger partial charge in [0.25, 0.3) is 5.69 Å². The second-order valence-corrected chi connectivity index (χ2v) is 6.10. The van der Waals surface area contributed by atoms with Crippen LogP contribution in [-0.4, -0.2) is 23.0 Å². The number of nitrogens with zero attached hydrogens (tertiary/aromatic N) is 2. The summed E-state index contributed by atoms with van der Waals surface area (Å²) in [5.41, 5.74) is 3.12. The molecule has 3 aromatic rings. The van der Waals surface area contributed by atoms with E-state index in [0.29, 0.717) is 27.8 Å². The van der Waals surface area contributed by atoms with Gasteiger partial charge < -0.3 is 9.73 Å². The van der Waals surface area contributed by atoms with Crippen LogP contribution in [0.1, 0.15) is 5.76 Å². The predicted molar refractivity (Wildman–Crippen MR) is 107 cm³/mol. The Balaban J connectivity index is 1.56. The van der Waals surface area contributed by atoms with E-state index in [1.807, 2.05) is 0 Å². The van der Waals surface area contributed by atoms with E-state index in [4.69, 9.17) is 16.0 Å². The normalized spacial score (nSPS) is 10.7. The van der Waals surface area contributed by atoms with Crippen LogP contribution in [0.15, 0.2) is 70.2 Å². The molecule has 146 valence electrons. The number of nitrogens with one attached hydrogen (secondary N) is 2. The van der Waals surface area contributed by atoms with E-state index in [9.17, 15) is 19.7 Å². The minimum atomic E-state index is -0.960. The first-order valence-electron chi connectivity index (χ1n) is 8.17. The van der Waals surface area contributed by atoms with Gasteiger partial charge in [0, 0.05) is 28.4 Å². The fourth-order valence-electron chi connectivity index (χ4n) is 2.25. The molecule has 3 rings (SSSR count). The molecule has 0 fully saturated rings. The predicted octanol–water partition coefficient (Wildman–Crippen LogP) is 3.60. The number of non-ortho nitro benzene ring substituents is 1. The Morgan fingerprint density at radius 1 is 1.00 bits per heavy atom. The zero-order valence-corrected chi connectivity index (χ0v) is 15.4. The Hall–Kier alpha value is -3.98. The fraction of sp³-hybridized carbons (Fsp3) is 0. The van der Waals surface area contributed by atoms with E-state index in [2.05, 4.69) is 15.8 Å². The second kappa shape index (κ2) is 8.81. The summed E-state index contributed by atoms with van der Waals surface area (Å²) in [6, 6.07) is 15.4. The van der Waals surface area contributed by atoms with Crippen LogP contribution in [0.2, 0.25) is 5.02 Å². The summed E-state index contributed by atoms with van der Waals surface area (Å²) < 4.78 is 5.54. The standard InChI is InChI=1S/C19H13ClN4O5/c20-13-3-5-14(6-4-13)22-18(25)19(26)23-21-11-16-9-10-17(29-16)12-1-7-15(8-2-12)24(27)28/h1-11H,(H,22,25)(H,23,26)/b21-11-. The maximum Gasteiger partial charge on any atom is 0.329 e. The van der Waals surface area contributed by atoms with Crippen LogP contribution in [0.25, 0.3) is 11.3 Å².